The van der Waals surface area contributed by atoms with Crippen molar-refractivity contribution in [2.24, 2.45) is 5.92 Å². The molecular formula is C12H23N3O. The Morgan fingerprint density at radius 3 is 3.06 bits per heavy atom. The number of nitrogens with zero attached hydrogens (tertiary/aromatic N) is 2. The van der Waals surface area contributed by atoms with Gasteiger partial charge in [0, 0.05) is 38.6 Å². The van der Waals surface area contributed by atoms with Crippen LogP contribution < -0.4 is 5.32 Å². The first-order chi connectivity index (χ1) is 7.70. The fraction of sp³-hybridized carbons (Fsp3) is 0.917. The van der Waals surface area contributed by atoms with Crippen molar-refractivity contribution >= 4 is 5.91 Å². The van der Waals surface area contributed by atoms with E-state index in [0.717, 1.165) is 45.6 Å². The molecule has 2 aliphatic heterocycles. The molecule has 16 heavy (non-hydrogen) atoms. The second-order valence-electron chi connectivity index (χ2n) is 5.20. The predicted molar refractivity (Wildman–Crippen MR) is 64.3 cm³/mol. The Hall–Kier alpha value is -0.610. The summed E-state index contributed by atoms with van der Waals surface area (Å²) < 4.78 is 0. The van der Waals surface area contributed by atoms with E-state index >= 15 is 0 Å². The molecule has 1 amide bonds. The van der Waals surface area contributed by atoms with Gasteiger partial charge in [-0.3, -0.25) is 9.69 Å². The summed E-state index contributed by atoms with van der Waals surface area (Å²) in [7, 11) is 2.00. The maximum Gasteiger partial charge on any atom is 0.222 e. The molecular weight excluding hydrogens is 202 g/mol. The molecule has 0 spiro atoms. The first-order valence-electron chi connectivity index (χ1n) is 6.37. The lowest BCUT2D eigenvalue weighted by Gasteiger charge is -2.38. The number of fused-ring (bicyclic) bond motifs is 1. The Morgan fingerprint density at radius 1 is 1.50 bits per heavy atom. The highest BCUT2D eigenvalue weighted by atomic mass is 16.2. The van der Waals surface area contributed by atoms with Crippen LogP contribution in [-0.4, -0.2) is 61.5 Å². The quantitative estimate of drug-likeness (QED) is 0.740. The molecule has 2 rings (SSSR count). The third-order valence-electron chi connectivity index (χ3n) is 3.70. The van der Waals surface area contributed by atoms with Gasteiger partial charge in [0.05, 0.1) is 0 Å². The molecule has 0 aromatic heterocycles. The Morgan fingerprint density at radius 2 is 2.31 bits per heavy atom. The number of hydrogen-bond donors (Lipinski definition) is 1. The highest BCUT2D eigenvalue weighted by Crippen LogP contribution is 2.23. The van der Waals surface area contributed by atoms with Crippen molar-refractivity contribution in [3.63, 3.8) is 0 Å². The largest absolute Gasteiger partial charge is 0.337 e. The van der Waals surface area contributed by atoms with Crippen molar-refractivity contribution in [3.8, 4) is 0 Å². The van der Waals surface area contributed by atoms with Crippen molar-refractivity contribution < 1.29 is 4.79 Å². The van der Waals surface area contributed by atoms with Crippen LogP contribution in [0.2, 0.25) is 0 Å². The zero-order valence-electron chi connectivity index (χ0n) is 10.4. The number of hydrogen-bond acceptors (Lipinski definition) is 3. The molecule has 0 aliphatic carbocycles. The number of carbonyl (C=O) groups excluding carboxylic acids is 1. The van der Waals surface area contributed by atoms with Crippen LogP contribution in [0.5, 0.6) is 0 Å². The fourth-order valence-corrected chi connectivity index (χ4v) is 2.95. The fourth-order valence-electron chi connectivity index (χ4n) is 2.95. The first-order valence-corrected chi connectivity index (χ1v) is 6.37. The van der Waals surface area contributed by atoms with Crippen molar-refractivity contribution in [2.75, 3.05) is 39.8 Å². The lowest BCUT2D eigenvalue weighted by molar-refractivity contribution is -0.130. The van der Waals surface area contributed by atoms with Crippen LogP contribution in [0.4, 0.5) is 0 Å². The van der Waals surface area contributed by atoms with E-state index in [4.69, 9.17) is 0 Å². The summed E-state index contributed by atoms with van der Waals surface area (Å²) >= 11 is 0. The van der Waals surface area contributed by atoms with E-state index in [9.17, 15) is 4.79 Å². The van der Waals surface area contributed by atoms with Crippen molar-refractivity contribution in [1.82, 2.24) is 15.1 Å². The van der Waals surface area contributed by atoms with Gasteiger partial charge < -0.3 is 10.2 Å². The second kappa shape index (κ2) is 5.15. The zero-order chi connectivity index (χ0) is 11.5. The van der Waals surface area contributed by atoms with Crippen LogP contribution in [-0.2, 0) is 4.79 Å². The predicted octanol–water partition coefficient (Wildman–Crippen LogP) is 0.149. The van der Waals surface area contributed by atoms with E-state index in [2.05, 4.69) is 22.0 Å². The standard InChI is InChI=1S/C12H23N3O/c1-10(7-13-2)8-14-5-6-15-11(9-14)3-4-12(15)16/h10-11,13H,3-9H2,1-2H3. The average Bonchev–Trinajstić information content (AvgIpc) is 2.60. The maximum atomic E-state index is 11.5. The molecule has 2 saturated heterocycles. The number of piperazine rings is 1. The van der Waals surface area contributed by atoms with E-state index in [0.29, 0.717) is 17.9 Å². The molecule has 4 nitrogen and oxygen atoms in total. The highest BCUT2D eigenvalue weighted by Gasteiger charge is 2.35. The molecule has 0 aromatic carbocycles. The molecule has 2 heterocycles. The van der Waals surface area contributed by atoms with Gasteiger partial charge in [-0.15, -0.1) is 0 Å². The molecule has 2 aliphatic rings. The van der Waals surface area contributed by atoms with E-state index in [-0.39, 0.29) is 0 Å². The number of amides is 1. The summed E-state index contributed by atoms with van der Waals surface area (Å²) in [4.78, 5) is 16.1. The molecule has 0 saturated carbocycles. The van der Waals surface area contributed by atoms with Crippen LogP contribution in [0.1, 0.15) is 19.8 Å². The zero-order valence-corrected chi connectivity index (χ0v) is 10.4. The van der Waals surface area contributed by atoms with E-state index in [1.54, 1.807) is 0 Å². The van der Waals surface area contributed by atoms with E-state index in [1.807, 2.05) is 7.05 Å². The van der Waals surface area contributed by atoms with Crippen molar-refractivity contribution in [3.05, 3.63) is 0 Å². The lowest BCUT2D eigenvalue weighted by Crippen LogP contribution is -2.52. The number of rotatable bonds is 4. The number of nitrogens with one attached hydrogen (secondary N) is 1. The van der Waals surface area contributed by atoms with Crippen molar-refractivity contribution in [1.29, 1.82) is 0 Å². The molecule has 2 fully saturated rings. The maximum absolute atomic E-state index is 11.5. The Labute approximate surface area is 98.0 Å². The molecule has 0 radical (unpaired) electrons. The van der Waals surface area contributed by atoms with Crippen LogP contribution in [0.15, 0.2) is 0 Å². The van der Waals surface area contributed by atoms with Gasteiger partial charge in [0.15, 0.2) is 0 Å². The molecule has 4 heteroatoms. The Balaban J connectivity index is 1.80. The molecule has 0 aromatic rings. The summed E-state index contributed by atoms with van der Waals surface area (Å²) in [6.45, 7) is 7.58. The molecule has 92 valence electrons. The topological polar surface area (TPSA) is 35.6 Å². The molecule has 2 unspecified atom stereocenters. The van der Waals surface area contributed by atoms with E-state index < -0.39 is 0 Å². The highest BCUT2D eigenvalue weighted by molar-refractivity contribution is 5.78. The van der Waals surface area contributed by atoms with Crippen LogP contribution >= 0.6 is 0 Å². The summed E-state index contributed by atoms with van der Waals surface area (Å²) in [5.41, 5.74) is 0. The van der Waals surface area contributed by atoms with Gasteiger partial charge in [-0.1, -0.05) is 6.92 Å². The third kappa shape index (κ3) is 2.55. The van der Waals surface area contributed by atoms with Crippen LogP contribution in [0.25, 0.3) is 0 Å². The number of carbonyl (C=O) groups is 1. The normalized spacial score (nSPS) is 28.2. The summed E-state index contributed by atoms with van der Waals surface area (Å²) in [6, 6.07) is 0.503. The lowest BCUT2D eigenvalue weighted by atomic mass is 10.1. The molecule has 0 bridgehead atoms. The minimum atomic E-state index is 0.368. The summed E-state index contributed by atoms with van der Waals surface area (Å²) in [5.74, 6) is 1.06. The van der Waals surface area contributed by atoms with Gasteiger partial charge >= 0.3 is 0 Å². The molecule has 2 atom stereocenters. The van der Waals surface area contributed by atoms with E-state index in [1.165, 1.54) is 0 Å². The van der Waals surface area contributed by atoms with Gasteiger partial charge in [-0.25, -0.2) is 0 Å². The first kappa shape index (κ1) is 11.9. The van der Waals surface area contributed by atoms with Gasteiger partial charge in [0.1, 0.15) is 0 Å². The van der Waals surface area contributed by atoms with Crippen LogP contribution in [0, 0.1) is 5.92 Å². The smallest absolute Gasteiger partial charge is 0.222 e. The minimum Gasteiger partial charge on any atom is -0.337 e. The van der Waals surface area contributed by atoms with Gasteiger partial charge in [0.25, 0.3) is 0 Å². The van der Waals surface area contributed by atoms with Gasteiger partial charge in [-0.2, -0.15) is 0 Å². The van der Waals surface area contributed by atoms with Gasteiger partial charge in [-0.05, 0) is 25.9 Å². The summed E-state index contributed by atoms with van der Waals surface area (Å²) in [5, 5.41) is 3.22. The SMILES string of the molecule is CNCC(C)CN1CCN2C(=O)CCC2C1. The Bertz CT molecular complexity index is 257. The third-order valence-corrected chi connectivity index (χ3v) is 3.70. The van der Waals surface area contributed by atoms with Gasteiger partial charge in [0.2, 0.25) is 5.91 Å². The Kier molecular flexibility index (Phi) is 3.82. The van der Waals surface area contributed by atoms with Crippen LogP contribution in [0.3, 0.4) is 0 Å². The minimum absolute atomic E-state index is 0.368. The second-order valence-corrected chi connectivity index (χ2v) is 5.20. The summed E-state index contributed by atoms with van der Waals surface area (Å²) in [6.07, 6.45) is 1.83. The average molecular weight is 225 g/mol. The monoisotopic (exact) mass is 225 g/mol. The molecule has 1 N–H and O–H groups in total. The van der Waals surface area contributed by atoms with Crippen molar-refractivity contribution in [2.45, 2.75) is 25.8 Å².